The molecule has 2 rings (SSSR count). The Kier molecular flexibility index (Phi) is 5.73. The van der Waals surface area contributed by atoms with Crippen molar-refractivity contribution in [3.63, 3.8) is 0 Å². The number of esters is 1. The van der Waals surface area contributed by atoms with Crippen molar-refractivity contribution in [3.8, 4) is 0 Å². The van der Waals surface area contributed by atoms with Gasteiger partial charge >= 0.3 is 5.97 Å². The Balaban J connectivity index is 1.80. The summed E-state index contributed by atoms with van der Waals surface area (Å²) in [6, 6.07) is 10.4. The van der Waals surface area contributed by atoms with Crippen LogP contribution in [0.3, 0.4) is 0 Å². The second-order valence-corrected chi connectivity index (χ2v) is 4.59. The van der Waals surface area contributed by atoms with Gasteiger partial charge in [-0.2, -0.15) is 0 Å². The maximum absolute atomic E-state index is 11.9. The van der Waals surface area contributed by atoms with Gasteiger partial charge in [-0.05, 0) is 24.3 Å². The molecule has 0 radical (unpaired) electrons. The number of carbonyl (C=O) groups excluding carboxylic acids is 2. The van der Waals surface area contributed by atoms with Gasteiger partial charge in [0, 0.05) is 13.0 Å². The van der Waals surface area contributed by atoms with E-state index < -0.39 is 5.97 Å². The van der Waals surface area contributed by atoms with E-state index in [1.165, 1.54) is 7.11 Å². The molecule has 0 atom stereocenters. The first-order chi connectivity index (χ1) is 10.7. The molecule has 22 heavy (non-hydrogen) atoms. The van der Waals surface area contributed by atoms with Crippen molar-refractivity contribution in [2.75, 3.05) is 19.0 Å². The Morgan fingerprint density at radius 2 is 2.00 bits per heavy atom. The molecule has 0 saturated heterocycles. The van der Waals surface area contributed by atoms with E-state index in [2.05, 4.69) is 15.4 Å². The Hall–Kier alpha value is -2.60. The number of methoxy groups -OCH3 is 1. The fourth-order valence-corrected chi connectivity index (χ4v) is 1.92. The first-order valence-corrected chi connectivity index (χ1v) is 6.91. The van der Waals surface area contributed by atoms with Crippen LogP contribution >= 0.6 is 0 Å². The molecule has 0 aliphatic carbocycles. The lowest BCUT2D eigenvalue weighted by Crippen LogP contribution is -2.22. The average Bonchev–Trinajstić information content (AvgIpc) is 3.05. The van der Waals surface area contributed by atoms with Crippen LogP contribution in [0.1, 0.15) is 22.5 Å². The number of nitrogens with one attached hydrogen (secondary N) is 2. The summed E-state index contributed by atoms with van der Waals surface area (Å²) in [5, 5.41) is 5.82. The number of carbonyl (C=O) groups is 2. The summed E-state index contributed by atoms with van der Waals surface area (Å²) >= 11 is 0. The van der Waals surface area contributed by atoms with Gasteiger partial charge in [-0.25, -0.2) is 4.79 Å². The fraction of sp³-hybridized carbons (Fsp3) is 0.250. The van der Waals surface area contributed by atoms with Crippen molar-refractivity contribution in [1.29, 1.82) is 0 Å². The molecule has 0 bridgehead atoms. The highest BCUT2D eigenvalue weighted by molar-refractivity contribution is 6.01. The summed E-state index contributed by atoms with van der Waals surface area (Å²) in [5.41, 5.74) is 0.785. The molecule has 0 aliphatic heterocycles. The number of anilines is 1. The van der Waals surface area contributed by atoms with E-state index >= 15 is 0 Å². The average molecular weight is 302 g/mol. The standard InChI is InChI=1S/C16H18N2O4/c1-21-16(20)13-6-2-3-7-14(13)18-15(19)8-9-17-11-12-5-4-10-22-12/h2-7,10,17H,8-9,11H2,1H3,(H,18,19). The molecule has 6 heteroatoms. The van der Waals surface area contributed by atoms with Gasteiger partial charge in [0.05, 0.1) is 31.2 Å². The number of furan rings is 1. The largest absolute Gasteiger partial charge is 0.468 e. The minimum Gasteiger partial charge on any atom is -0.468 e. The van der Waals surface area contributed by atoms with Gasteiger partial charge < -0.3 is 19.8 Å². The number of ether oxygens (including phenoxy) is 1. The van der Waals surface area contributed by atoms with Crippen molar-refractivity contribution >= 4 is 17.6 Å². The quantitative estimate of drug-likeness (QED) is 0.605. The van der Waals surface area contributed by atoms with Crippen LogP contribution in [0.4, 0.5) is 5.69 Å². The molecule has 0 aliphatic rings. The summed E-state index contributed by atoms with van der Waals surface area (Å²) < 4.78 is 9.86. The molecule has 6 nitrogen and oxygen atoms in total. The second-order valence-electron chi connectivity index (χ2n) is 4.59. The third-order valence-corrected chi connectivity index (χ3v) is 3.01. The number of amides is 1. The van der Waals surface area contributed by atoms with Gasteiger partial charge in [0.2, 0.25) is 5.91 Å². The molecule has 1 heterocycles. The van der Waals surface area contributed by atoms with Gasteiger partial charge in [-0.3, -0.25) is 4.79 Å². The van der Waals surface area contributed by atoms with Crippen LogP contribution in [-0.4, -0.2) is 25.5 Å². The molecule has 0 unspecified atom stereocenters. The summed E-state index contributed by atoms with van der Waals surface area (Å²) in [5.74, 6) is 0.159. The van der Waals surface area contributed by atoms with Gasteiger partial charge in [-0.15, -0.1) is 0 Å². The molecule has 0 saturated carbocycles. The molecular weight excluding hydrogens is 284 g/mol. The summed E-state index contributed by atoms with van der Waals surface area (Å²) in [7, 11) is 1.31. The zero-order valence-electron chi connectivity index (χ0n) is 12.3. The van der Waals surface area contributed by atoms with Gasteiger partial charge in [0.25, 0.3) is 0 Å². The van der Waals surface area contributed by atoms with Crippen molar-refractivity contribution in [1.82, 2.24) is 5.32 Å². The van der Waals surface area contributed by atoms with Crippen molar-refractivity contribution in [2.45, 2.75) is 13.0 Å². The van der Waals surface area contributed by atoms with Crippen molar-refractivity contribution < 1.29 is 18.7 Å². The third-order valence-electron chi connectivity index (χ3n) is 3.01. The highest BCUT2D eigenvalue weighted by Gasteiger charge is 2.12. The van der Waals surface area contributed by atoms with Crippen molar-refractivity contribution in [3.05, 3.63) is 54.0 Å². The minimum absolute atomic E-state index is 0.178. The van der Waals surface area contributed by atoms with Crippen molar-refractivity contribution in [2.24, 2.45) is 0 Å². The SMILES string of the molecule is COC(=O)c1ccccc1NC(=O)CCNCc1ccco1. The van der Waals surface area contributed by atoms with Crippen LogP contribution < -0.4 is 10.6 Å². The Labute approximate surface area is 128 Å². The highest BCUT2D eigenvalue weighted by Crippen LogP contribution is 2.16. The van der Waals surface area contributed by atoms with Crippen LogP contribution in [-0.2, 0) is 16.1 Å². The lowest BCUT2D eigenvalue weighted by Gasteiger charge is -2.09. The summed E-state index contributed by atoms with van der Waals surface area (Å²) in [6.07, 6.45) is 1.89. The van der Waals surface area contributed by atoms with E-state index in [1.807, 2.05) is 12.1 Å². The Bertz CT molecular complexity index is 623. The molecule has 1 aromatic carbocycles. The maximum Gasteiger partial charge on any atom is 0.339 e. The molecule has 2 aromatic rings. The summed E-state index contributed by atoms with van der Waals surface area (Å²) in [4.78, 5) is 23.5. The molecule has 0 spiro atoms. The lowest BCUT2D eigenvalue weighted by atomic mass is 10.1. The van der Waals surface area contributed by atoms with E-state index in [0.717, 1.165) is 5.76 Å². The molecule has 1 aromatic heterocycles. The van der Waals surface area contributed by atoms with E-state index in [9.17, 15) is 9.59 Å². The first kappa shape index (κ1) is 15.8. The number of rotatable bonds is 7. The predicted octanol–water partition coefficient (Wildman–Crippen LogP) is 2.18. The monoisotopic (exact) mass is 302 g/mol. The van der Waals surface area contributed by atoms with E-state index in [0.29, 0.717) is 24.3 Å². The van der Waals surface area contributed by atoms with Crippen LogP contribution in [0, 0.1) is 0 Å². The van der Waals surface area contributed by atoms with Crippen LogP contribution in [0.5, 0.6) is 0 Å². The Morgan fingerprint density at radius 1 is 1.18 bits per heavy atom. The number of benzene rings is 1. The molecule has 1 amide bonds. The zero-order valence-corrected chi connectivity index (χ0v) is 12.3. The third kappa shape index (κ3) is 4.46. The van der Waals surface area contributed by atoms with E-state index in [4.69, 9.17) is 4.42 Å². The first-order valence-electron chi connectivity index (χ1n) is 6.91. The fourth-order valence-electron chi connectivity index (χ4n) is 1.92. The van der Waals surface area contributed by atoms with Crippen LogP contribution in [0.15, 0.2) is 47.1 Å². The molecule has 2 N–H and O–H groups in total. The highest BCUT2D eigenvalue weighted by atomic mass is 16.5. The maximum atomic E-state index is 11.9. The van der Waals surface area contributed by atoms with Gasteiger partial charge in [0.1, 0.15) is 5.76 Å². The smallest absolute Gasteiger partial charge is 0.339 e. The molecular formula is C16H18N2O4. The van der Waals surface area contributed by atoms with Gasteiger partial charge in [0.15, 0.2) is 0 Å². The predicted molar refractivity (Wildman–Crippen MR) is 81.4 cm³/mol. The molecule has 0 fully saturated rings. The second kappa shape index (κ2) is 7.99. The lowest BCUT2D eigenvalue weighted by molar-refractivity contribution is -0.116. The normalized spacial score (nSPS) is 10.2. The van der Waals surface area contributed by atoms with Crippen LogP contribution in [0.25, 0.3) is 0 Å². The topological polar surface area (TPSA) is 80.6 Å². The molecule has 116 valence electrons. The number of hydrogen-bond donors (Lipinski definition) is 2. The van der Waals surface area contributed by atoms with Crippen LogP contribution in [0.2, 0.25) is 0 Å². The summed E-state index contributed by atoms with van der Waals surface area (Å²) in [6.45, 7) is 1.08. The zero-order chi connectivity index (χ0) is 15.8. The minimum atomic E-state index is -0.480. The van der Waals surface area contributed by atoms with E-state index in [-0.39, 0.29) is 12.3 Å². The van der Waals surface area contributed by atoms with Gasteiger partial charge in [-0.1, -0.05) is 12.1 Å². The number of hydrogen-bond acceptors (Lipinski definition) is 5. The Morgan fingerprint density at radius 3 is 2.73 bits per heavy atom. The number of para-hydroxylation sites is 1. The van der Waals surface area contributed by atoms with E-state index in [1.54, 1.807) is 30.5 Å².